The normalized spacial score (nSPS) is 37.8. The Morgan fingerprint density at radius 2 is 2.12 bits per heavy atom. The molecule has 2 rings (SSSR count). The van der Waals surface area contributed by atoms with Gasteiger partial charge >= 0.3 is 0 Å². The van der Waals surface area contributed by atoms with Gasteiger partial charge in [0.05, 0.1) is 6.10 Å². The second-order valence-electron chi connectivity index (χ2n) is 5.94. The van der Waals surface area contributed by atoms with Gasteiger partial charge in [0.2, 0.25) is 0 Å². The molecule has 2 fully saturated rings. The molecule has 0 aromatic heterocycles. The molecule has 0 bridgehead atoms. The van der Waals surface area contributed by atoms with Crippen molar-refractivity contribution in [3.8, 4) is 0 Å². The van der Waals surface area contributed by atoms with Crippen LogP contribution in [0.1, 0.15) is 58.8 Å². The van der Waals surface area contributed by atoms with E-state index in [1.54, 1.807) is 0 Å². The first kappa shape index (κ1) is 13.4. The Morgan fingerprint density at radius 3 is 2.76 bits per heavy atom. The summed E-state index contributed by atoms with van der Waals surface area (Å²) in [6.45, 7) is 6.95. The van der Waals surface area contributed by atoms with Crippen molar-refractivity contribution in [2.45, 2.75) is 70.9 Å². The smallest absolute Gasteiger partial charge is 0.0576 e. The standard InChI is InChI=1S/C15H29NO/c1-3-13-8-9-15(12(13)2)16-10-4-6-14-7-5-11-17-14/h12-16H,3-11H2,1-2H3. The minimum atomic E-state index is 0.571. The molecular formula is C15H29NO. The summed E-state index contributed by atoms with van der Waals surface area (Å²) in [5.41, 5.74) is 0. The van der Waals surface area contributed by atoms with Crippen LogP contribution < -0.4 is 5.32 Å². The summed E-state index contributed by atoms with van der Waals surface area (Å²) in [5.74, 6) is 1.84. The molecule has 100 valence electrons. The van der Waals surface area contributed by atoms with Gasteiger partial charge in [-0.1, -0.05) is 20.3 Å². The lowest BCUT2D eigenvalue weighted by Crippen LogP contribution is -2.33. The molecule has 0 amide bonds. The average Bonchev–Trinajstić information content (AvgIpc) is 2.95. The van der Waals surface area contributed by atoms with E-state index in [1.807, 2.05) is 0 Å². The first-order chi connectivity index (χ1) is 8.31. The molecular weight excluding hydrogens is 210 g/mol. The highest BCUT2D eigenvalue weighted by Crippen LogP contribution is 2.33. The topological polar surface area (TPSA) is 21.3 Å². The van der Waals surface area contributed by atoms with E-state index in [-0.39, 0.29) is 0 Å². The van der Waals surface area contributed by atoms with E-state index in [2.05, 4.69) is 19.2 Å². The Bertz CT molecular complexity index is 213. The molecule has 2 nitrogen and oxygen atoms in total. The van der Waals surface area contributed by atoms with Gasteiger partial charge in [0, 0.05) is 12.6 Å². The second kappa shape index (κ2) is 6.75. The molecule has 1 saturated heterocycles. The van der Waals surface area contributed by atoms with Crippen LogP contribution in [0.25, 0.3) is 0 Å². The zero-order chi connectivity index (χ0) is 12.1. The summed E-state index contributed by atoms with van der Waals surface area (Å²) in [5, 5.41) is 3.76. The maximum atomic E-state index is 5.65. The predicted octanol–water partition coefficient (Wildman–Crippen LogP) is 3.36. The summed E-state index contributed by atoms with van der Waals surface area (Å²) in [7, 11) is 0. The Kier molecular flexibility index (Phi) is 5.30. The molecule has 1 aliphatic carbocycles. The Hall–Kier alpha value is -0.0800. The SMILES string of the molecule is CCC1CCC(NCCCC2CCCO2)C1C. The van der Waals surface area contributed by atoms with Crippen molar-refractivity contribution in [1.29, 1.82) is 0 Å². The summed E-state index contributed by atoms with van der Waals surface area (Å²) >= 11 is 0. The van der Waals surface area contributed by atoms with Crippen LogP contribution in [0.4, 0.5) is 0 Å². The summed E-state index contributed by atoms with van der Waals surface area (Å²) in [6, 6.07) is 0.782. The van der Waals surface area contributed by atoms with E-state index < -0.39 is 0 Å². The van der Waals surface area contributed by atoms with Crippen LogP contribution in [-0.4, -0.2) is 25.3 Å². The van der Waals surface area contributed by atoms with Crippen LogP contribution in [0.15, 0.2) is 0 Å². The molecule has 2 aliphatic rings. The lowest BCUT2D eigenvalue weighted by Gasteiger charge is -2.21. The van der Waals surface area contributed by atoms with Gasteiger partial charge in [-0.05, 0) is 56.9 Å². The third-order valence-electron chi connectivity index (χ3n) is 4.88. The highest BCUT2D eigenvalue weighted by Gasteiger charge is 2.30. The van der Waals surface area contributed by atoms with Crippen molar-refractivity contribution in [3.05, 3.63) is 0 Å². The highest BCUT2D eigenvalue weighted by molar-refractivity contribution is 4.86. The molecule has 0 aromatic rings. The predicted molar refractivity (Wildman–Crippen MR) is 72.2 cm³/mol. The Balaban J connectivity index is 1.56. The zero-order valence-corrected chi connectivity index (χ0v) is 11.6. The fourth-order valence-electron chi connectivity index (χ4n) is 3.60. The van der Waals surface area contributed by atoms with Crippen molar-refractivity contribution < 1.29 is 4.74 Å². The van der Waals surface area contributed by atoms with E-state index >= 15 is 0 Å². The Morgan fingerprint density at radius 1 is 1.24 bits per heavy atom. The minimum Gasteiger partial charge on any atom is -0.378 e. The van der Waals surface area contributed by atoms with Gasteiger partial charge in [-0.2, -0.15) is 0 Å². The molecule has 17 heavy (non-hydrogen) atoms. The van der Waals surface area contributed by atoms with Crippen LogP contribution >= 0.6 is 0 Å². The molecule has 1 N–H and O–H groups in total. The van der Waals surface area contributed by atoms with Crippen LogP contribution in [-0.2, 0) is 4.74 Å². The summed E-state index contributed by atoms with van der Waals surface area (Å²) in [6.07, 6.45) is 9.85. The molecule has 0 aromatic carbocycles. The zero-order valence-electron chi connectivity index (χ0n) is 11.6. The number of rotatable bonds is 6. The van der Waals surface area contributed by atoms with Gasteiger partial charge in [-0.15, -0.1) is 0 Å². The number of ether oxygens (including phenoxy) is 1. The van der Waals surface area contributed by atoms with E-state index in [0.29, 0.717) is 6.10 Å². The van der Waals surface area contributed by atoms with E-state index in [9.17, 15) is 0 Å². The van der Waals surface area contributed by atoms with Crippen molar-refractivity contribution in [1.82, 2.24) is 5.32 Å². The first-order valence-corrected chi connectivity index (χ1v) is 7.66. The first-order valence-electron chi connectivity index (χ1n) is 7.66. The minimum absolute atomic E-state index is 0.571. The number of hydrogen-bond donors (Lipinski definition) is 1. The fraction of sp³-hybridized carbons (Fsp3) is 1.00. The maximum absolute atomic E-state index is 5.65. The van der Waals surface area contributed by atoms with Crippen LogP contribution in [0, 0.1) is 11.8 Å². The maximum Gasteiger partial charge on any atom is 0.0576 e. The molecule has 4 unspecified atom stereocenters. The quantitative estimate of drug-likeness (QED) is 0.718. The van der Waals surface area contributed by atoms with Crippen molar-refractivity contribution in [3.63, 3.8) is 0 Å². The van der Waals surface area contributed by atoms with Gasteiger partial charge in [0.15, 0.2) is 0 Å². The van der Waals surface area contributed by atoms with Gasteiger partial charge in [-0.3, -0.25) is 0 Å². The molecule has 1 heterocycles. The van der Waals surface area contributed by atoms with Crippen molar-refractivity contribution in [2.75, 3.05) is 13.2 Å². The van der Waals surface area contributed by atoms with Gasteiger partial charge in [-0.25, -0.2) is 0 Å². The van der Waals surface area contributed by atoms with E-state index in [1.165, 1.54) is 51.5 Å². The summed E-state index contributed by atoms with van der Waals surface area (Å²) < 4.78 is 5.65. The summed E-state index contributed by atoms with van der Waals surface area (Å²) in [4.78, 5) is 0. The van der Waals surface area contributed by atoms with Gasteiger partial charge < -0.3 is 10.1 Å². The molecule has 4 atom stereocenters. The largest absolute Gasteiger partial charge is 0.378 e. The molecule has 2 heteroatoms. The fourth-order valence-corrected chi connectivity index (χ4v) is 3.60. The van der Waals surface area contributed by atoms with Crippen LogP contribution in [0.2, 0.25) is 0 Å². The monoisotopic (exact) mass is 239 g/mol. The molecule has 1 aliphatic heterocycles. The third kappa shape index (κ3) is 3.69. The van der Waals surface area contributed by atoms with Crippen molar-refractivity contribution >= 4 is 0 Å². The van der Waals surface area contributed by atoms with Crippen LogP contribution in [0.5, 0.6) is 0 Å². The second-order valence-corrected chi connectivity index (χ2v) is 5.94. The van der Waals surface area contributed by atoms with Gasteiger partial charge in [0.25, 0.3) is 0 Å². The molecule has 0 spiro atoms. The number of nitrogens with one attached hydrogen (secondary N) is 1. The average molecular weight is 239 g/mol. The highest BCUT2D eigenvalue weighted by atomic mass is 16.5. The molecule has 1 saturated carbocycles. The lowest BCUT2D eigenvalue weighted by molar-refractivity contribution is 0.102. The number of hydrogen-bond acceptors (Lipinski definition) is 2. The van der Waals surface area contributed by atoms with Crippen LogP contribution in [0.3, 0.4) is 0 Å². The van der Waals surface area contributed by atoms with Gasteiger partial charge in [0.1, 0.15) is 0 Å². The van der Waals surface area contributed by atoms with Crippen molar-refractivity contribution in [2.24, 2.45) is 11.8 Å². The Labute approximate surface area is 107 Å². The third-order valence-corrected chi connectivity index (χ3v) is 4.88. The molecule has 0 radical (unpaired) electrons. The van der Waals surface area contributed by atoms with E-state index in [0.717, 1.165) is 24.5 Å². The lowest BCUT2D eigenvalue weighted by atomic mass is 9.93. The van der Waals surface area contributed by atoms with E-state index in [4.69, 9.17) is 4.74 Å².